The summed E-state index contributed by atoms with van der Waals surface area (Å²) < 4.78 is 0.378. The molecule has 0 aromatic heterocycles. The molecular formula is C24H50NO2+. The number of hydroxylamine groups is 3. The van der Waals surface area contributed by atoms with Crippen LogP contribution in [0.25, 0.3) is 0 Å². The Morgan fingerprint density at radius 3 is 1.41 bits per heavy atom. The number of hydrogen-bond donors (Lipinski definition) is 0. The molecule has 0 aliphatic carbocycles. The van der Waals surface area contributed by atoms with E-state index in [1.165, 1.54) is 83.5 Å². The highest BCUT2D eigenvalue weighted by Crippen LogP contribution is 2.14. The average molecular weight is 385 g/mol. The van der Waals surface area contributed by atoms with E-state index >= 15 is 0 Å². The van der Waals surface area contributed by atoms with E-state index in [-0.39, 0.29) is 5.97 Å². The standard InChI is InChI=1S/C24H50NO2/c1-5-7-9-10-11-12-13-14-15-16-17-18-19-21-23-25(3,4)27-24(26)22-20-8-6-2/h5-23H2,1-4H3/q+1. The van der Waals surface area contributed by atoms with Gasteiger partial charge in [0.15, 0.2) is 0 Å². The molecule has 0 rings (SSSR count). The fourth-order valence-electron chi connectivity index (χ4n) is 3.57. The lowest BCUT2D eigenvalue weighted by atomic mass is 10.0. The Morgan fingerprint density at radius 2 is 0.963 bits per heavy atom. The van der Waals surface area contributed by atoms with E-state index in [9.17, 15) is 4.79 Å². The van der Waals surface area contributed by atoms with Crippen LogP contribution in [-0.4, -0.2) is 31.3 Å². The van der Waals surface area contributed by atoms with Crippen LogP contribution >= 0.6 is 0 Å². The smallest absolute Gasteiger partial charge is 0.277 e. The van der Waals surface area contributed by atoms with E-state index in [0.717, 1.165) is 32.2 Å². The summed E-state index contributed by atoms with van der Waals surface area (Å²) in [5, 5.41) is 0. The Hall–Kier alpha value is -0.570. The molecule has 162 valence electrons. The Balaban J connectivity index is 3.38. The molecule has 0 N–H and O–H groups in total. The molecule has 0 heterocycles. The second-order valence-corrected chi connectivity index (χ2v) is 8.81. The van der Waals surface area contributed by atoms with Crippen molar-refractivity contribution in [1.82, 2.24) is 0 Å². The minimum Gasteiger partial charge on any atom is -0.277 e. The summed E-state index contributed by atoms with van der Waals surface area (Å²) in [6, 6.07) is 0. The van der Waals surface area contributed by atoms with E-state index < -0.39 is 0 Å². The largest absolute Gasteiger partial charge is 0.366 e. The number of rotatable bonds is 20. The molecule has 0 bridgehead atoms. The van der Waals surface area contributed by atoms with Crippen molar-refractivity contribution in [2.75, 3.05) is 20.6 Å². The monoisotopic (exact) mass is 384 g/mol. The van der Waals surface area contributed by atoms with Crippen LogP contribution in [0, 0.1) is 0 Å². The number of nitrogens with zero attached hydrogens (tertiary/aromatic N) is 1. The first-order chi connectivity index (χ1) is 13.0. The van der Waals surface area contributed by atoms with Crippen molar-refractivity contribution >= 4 is 5.97 Å². The minimum absolute atomic E-state index is 0.0428. The molecule has 0 fully saturated rings. The van der Waals surface area contributed by atoms with Gasteiger partial charge >= 0.3 is 5.97 Å². The van der Waals surface area contributed by atoms with Crippen LogP contribution in [0.4, 0.5) is 0 Å². The second-order valence-electron chi connectivity index (χ2n) is 8.81. The lowest BCUT2D eigenvalue weighted by Crippen LogP contribution is -2.42. The van der Waals surface area contributed by atoms with Crippen molar-refractivity contribution in [3.63, 3.8) is 0 Å². The van der Waals surface area contributed by atoms with E-state index in [0.29, 0.717) is 11.1 Å². The first-order valence-corrected chi connectivity index (χ1v) is 12.1. The molecule has 0 aromatic rings. The summed E-state index contributed by atoms with van der Waals surface area (Å²) in [6.07, 6.45) is 23.0. The van der Waals surface area contributed by atoms with Crippen molar-refractivity contribution in [2.45, 2.75) is 129 Å². The number of quaternary nitrogens is 1. The maximum Gasteiger partial charge on any atom is 0.366 e. The third-order valence-corrected chi connectivity index (χ3v) is 5.38. The summed E-state index contributed by atoms with van der Waals surface area (Å²) >= 11 is 0. The predicted octanol–water partition coefficient (Wildman–Crippen LogP) is 7.58. The maximum atomic E-state index is 11.8. The third kappa shape index (κ3) is 20.0. The van der Waals surface area contributed by atoms with Crippen LogP contribution in [0.15, 0.2) is 0 Å². The van der Waals surface area contributed by atoms with Gasteiger partial charge in [-0.2, -0.15) is 0 Å². The molecule has 3 nitrogen and oxygen atoms in total. The molecule has 0 unspecified atom stereocenters. The topological polar surface area (TPSA) is 26.3 Å². The van der Waals surface area contributed by atoms with Gasteiger partial charge in [0.25, 0.3) is 0 Å². The summed E-state index contributed by atoms with van der Waals surface area (Å²) in [6.45, 7) is 5.36. The van der Waals surface area contributed by atoms with Crippen molar-refractivity contribution in [3.05, 3.63) is 0 Å². The molecule has 0 radical (unpaired) electrons. The average Bonchev–Trinajstić information content (AvgIpc) is 2.61. The number of unbranched alkanes of at least 4 members (excludes halogenated alkanes) is 15. The normalized spacial score (nSPS) is 11.7. The van der Waals surface area contributed by atoms with Crippen molar-refractivity contribution in [1.29, 1.82) is 0 Å². The summed E-state index contributed by atoms with van der Waals surface area (Å²) in [5.74, 6) is -0.0428. The van der Waals surface area contributed by atoms with Crippen LogP contribution < -0.4 is 0 Å². The van der Waals surface area contributed by atoms with Gasteiger partial charge in [0.05, 0.1) is 6.42 Å². The molecule has 0 saturated carbocycles. The molecule has 0 saturated heterocycles. The van der Waals surface area contributed by atoms with Gasteiger partial charge in [-0.25, -0.2) is 4.79 Å². The van der Waals surface area contributed by atoms with Crippen molar-refractivity contribution in [2.24, 2.45) is 0 Å². The summed E-state index contributed by atoms with van der Waals surface area (Å²) in [5.41, 5.74) is 0. The number of carbonyl (C=O) groups excluding carboxylic acids is 1. The van der Waals surface area contributed by atoms with Crippen LogP contribution in [0.1, 0.15) is 129 Å². The Kier molecular flexibility index (Phi) is 18.4. The zero-order valence-corrected chi connectivity index (χ0v) is 19.2. The van der Waals surface area contributed by atoms with E-state index in [1.54, 1.807) is 0 Å². The van der Waals surface area contributed by atoms with Crippen LogP contribution in [0.5, 0.6) is 0 Å². The molecule has 0 amide bonds. The van der Waals surface area contributed by atoms with Gasteiger partial charge in [0, 0.05) is 6.42 Å². The Morgan fingerprint density at radius 1 is 0.593 bits per heavy atom. The van der Waals surface area contributed by atoms with E-state index in [1.807, 2.05) is 14.1 Å². The lowest BCUT2D eigenvalue weighted by molar-refractivity contribution is -1.06. The SMILES string of the molecule is CCCCCCCCCCCCCCCC[N+](C)(C)OC(=O)CCCCC. The predicted molar refractivity (Wildman–Crippen MR) is 118 cm³/mol. The molecule has 0 aliphatic heterocycles. The zero-order valence-electron chi connectivity index (χ0n) is 19.2. The molecular weight excluding hydrogens is 334 g/mol. The Labute approximate surface area is 170 Å². The van der Waals surface area contributed by atoms with Gasteiger partial charge in [0.1, 0.15) is 20.6 Å². The third-order valence-electron chi connectivity index (χ3n) is 5.38. The quantitative estimate of drug-likeness (QED) is 0.123. The zero-order chi connectivity index (χ0) is 20.2. The minimum atomic E-state index is -0.0428. The fourth-order valence-corrected chi connectivity index (χ4v) is 3.57. The first kappa shape index (κ1) is 26.4. The van der Waals surface area contributed by atoms with Crippen LogP contribution in [-0.2, 0) is 9.63 Å². The van der Waals surface area contributed by atoms with Gasteiger partial charge in [-0.05, 0) is 12.8 Å². The second kappa shape index (κ2) is 18.8. The molecule has 0 aromatic carbocycles. The fraction of sp³-hybridized carbons (Fsp3) is 0.958. The summed E-state index contributed by atoms with van der Waals surface area (Å²) in [4.78, 5) is 17.4. The highest BCUT2D eigenvalue weighted by Gasteiger charge is 2.21. The van der Waals surface area contributed by atoms with Crippen molar-refractivity contribution in [3.8, 4) is 0 Å². The van der Waals surface area contributed by atoms with Gasteiger partial charge < -0.3 is 0 Å². The molecule has 0 aliphatic rings. The number of hydrogen-bond acceptors (Lipinski definition) is 2. The molecule has 0 atom stereocenters. The molecule has 0 spiro atoms. The maximum absolute atomic E-state index is 11.8. The molecule has 27 heavy (non-hydrogen) atoms. The Bertz CT molecular complexity index is 328. The van der Waals surface area contributed by atoms with Crippen LogP contribution in [0.2, 0.25) is 0 Å². The lowest BCUT2D eigenvalue weighted by Gasteiger charge is -2.26. The number of carbonyl (C=O) groups is 1. The van der Waals surface area contributed by atoms with E-state index in [4.69, 9.17) is 4.84 Å². The van der Waals surface area contributed by atoms with E-state index in [2.05, 4.69) is 13.8 Å². The highest BCUT2D eigenvalue weighted by molar-refractivity contribution is 5.68. The summed E-state index contributed by atoms with van der Waals surface area (Å²) in [7, 11) is 4.00. The van der Waals surface area contributed by atoms with Crippen LogP contribution in [0.3, 0.4) is 0 Å². The van der Waals surface area contributed by atoms with Gasteiger partial charge in [-0.15, -0.1) is 4.65 Å². The van der Waals surface area contributed by atoms with Crippen molar-refractivity contribution < 1.29 is 14.3 Å². The van der Waals surface area contributed by atoms with Gasteiger partial charge in [-0.1, -0.05) is 104 Å². The highest BCUT2D eigenvalue weighted by atomic mass is 16.7. The van der Waals surface area contributed by atoms with Gasteiger partial charge in [0.2, 0.25) is 0 Å². The molecule has 3 heteroatoms. The first-order valence-electron chi connectivity index (χ1n) is 12.1. The van der Waals surface area contributed by atoms with Gasteiger partial charge in [-0.3, -0.25) is 4.84 Å².